The molecule has 10 heteroatoms. The Balaban J connectivity index is 1.70. The van der Waals surface area contributed by atoms with Crippen molar-refractivity contribution in [2.75, 3.05) is 24.8 Å². The van der Waals surface area contributed by atoms with Crippen LogP contribution in [0.4, 0.5) is 5.95 Å². The van der Waals surface area contributed by atoms with Gasteiger partial charge in [0.25, 0.3) is 0 Å². The standard InChI is InChI=1S/C26H27ClN4O4S/c1-5-13-34-24(32)22-16(3)28-25-29-26(36-6-2)30-31(25)23(22)18-9-12-20(21(14-18)33-4)35-15-17-7-10-19(27)11-8-17/h5,7-12,14,23H,1,6,13,15H2,2-4H3,(H,28,29,30). The van der Waals surface area contributed by atoms with Crippen LogP contribution in [0.25, 0.3) is 0 Å². The number of fused-ring (bicyclic) bond motifs is 1. The number of halogens is 1. The zero-order chi connectivity index (χ0) is 25.7. The summed E-state index contributed by atoms with van der Waals surface area (Å²) in [6.07, 6.45) is 1.53. The molecule has 0 saturated heterocycles. The van der Waals surface area contributed by atoms with Gasteiger partial charge in [-0.15, -0.1) is 5.10 Å². The summed E-state index contributed by atoms with van der Waals surface area (Å²) < 4.78 is 18.8. The maximum absolute atomic E-state index is 13.1. The Bertz CT molecular complexity index is 1290. The summed E-state index contributed by atoms with van der Waals surface area (Å²) in [4.78, 5) is 17.7. The molecule has 3 aromatic rings. The van der Waals surface area contributed by atoms with Crippen LogP contribution in [-0.4, -0.2) is 40.2 Å². The normalized spacial score (nSPS) is 14.6. The number of ether oxygens (including phenoxy) is 3. The summed E-state index contributed by atoms with van der Waals surface area (Å²) >= 11 is 7.50. The van der Waals surface area contributed by atoms with E-state index in [1.54, 1.807) is 11.8 Å². The lowest BCUT2D eigenvalue weighted by molar-refractivity contribution is -0.138. The largest absolute Gasteiger partial charge is 0.493 e. The summed E-state index contributed by atoms with van der Waals surface area (Å²) in [5, 5.41) is 9.15. The Morgan fingerprint density at radius 3 is 2.72 bits per heavy atom. The predicted octanol–water partition coefficient (Wildman–Crippen LogP) is 5.65. The first kappa shape index (κ1) is 25.7. The predicted molar refractivity (Wildman–Crippen MR) is 141 cm³/mol. The number of hydrogen-bond donors (Lipinski definition) is 1. The molecule has 2 heterocycles. The number of anilines is 1. The Morgan fingerprint density at radius 2 is 2.03 bits per heavy atom. The van der Waals surface area contributed by atoms with Crippen LogP contribution in [0.15, 0.2) is 71.5 Å². The highest BCUT2D eigenvalue weighted by atomic mass is 35.5. The van der Waals surface area contributed by atoms with Crippen LogP contribution in [0.3, 0.4) is 0 Å². The Hall–Kier alpha value is -3.43. The van der Waals surface area contributed by atoms with Crippen molar-refractivity contribution < 1.29 is 19.0 Å². The van der Waals surface area contributed by atoms with Crippen molar-refractivity contribution in [2.45, 2.75) is 31.7 Å². The van der Waals surface area contributed by atoms with Gasteiger partial charge in [-0.25, -0.2) is 9.48 Å². The Morgan fingerprint density at radius 1 is 1.25 bits per heavy atom. The third kappa shape index (κ3) is 5.52. The van der Waals surface area contributed by atoms with Crippen molar-refractivity contribution in [3.63, 3.8) is 0 Å². The van der Waals surface area contributed by atoms with Crippen molar-refractivity contribution in [1.29, 1.82) is 0 Å². The van der Waals surface area contributed by atoms with Gasteiger partial charge in [-0.3, -0.25) is 0 Å². The molecule has 0 radical (unpaired) electrons. The van der Waals surface area contributed by atoms with Crippen molar-refractivity contribution in [1.82, 2.24) is 14.8 Å². The van der Waals surface area contributed by atoms with Crippen molar-refractivity contribution in [3.8, 4) is 11.5 Å². The summed E-state index contributed by atoms with van der Waals surface area (Å²) in [5.41, 5.74) is 2.82. The molecule has 1 aromatic heterocycles. The molecule has 1 aliphatic rings. The highest BCUT2D eigenvalue weighted by Gasteiger charge is 2.35. The lowest BCUT2D eigenvalue weighted by atomic mass is 9.95. The fraction of sp³-hybridized carbons (Fsp3) is 0.269. The number of rotatable bonds is 10. The van der Waals surface area contributed by atoms with Gasteiger partial charge >= 0.3 is 5.97 Å². The first-order chi connectivity index (χ1) is 17.4. The van der Waals surface area contributed by atoms with Crippen molar-refractivity contribution >= 4 is 35.3 Å². The number of hydrogen-bond acceptors (Lipinski definition) is 8. The van der Waals surface area contributed by atoms with Crippen molar-refractivity contribution in [2.24, 2.45) is 0 Å². The van der Waals surface area contributed by atoms with Gasteiger partial charge in [-0.05, 0) is 48.1 Å². The summed E-state index contributed by atoms with van der Waals surface area (Å²) in [6, 6.07) is 12.4. The van der Waals surface area contributed by atoms with Crippen LogP contribution in [0, 0.1) is 0 Å². The summed E-state index contributed by atoms with van der Waals surface area (Å²) in [6.45, 7) is 7.94. The average molecular weight is 527 g/mol. The van der Waals surface area contributed by atoms with Crippen LogP contribution in [0.1, 0.15) is 31.0 Å². The zero-order valence-corrected chi connectivity index (χ0v) is 21.9. The molecule has 2 aromatic carbocycles. The number of benzene rings is 2. The van der Waals surface area contributed by atoms with Crippen LogP contribution in [-0.2, 0) is 16.1 Å². The topological polar surface area (TPSA) is 87.5 Å². The van der Waals surface area contributed by atoms with E-state index in [2.05, 4.69) is 22.0 Å². The average Bonchev–Trinajstić information content (AvgIpc) is 3.28. The van der Waals surface area contributed by atoms with E-state index in [-0.39, 0.29) is 6.61 Å². The van der Waals surface area contributed by atoms with Gasteiger partial charge in [-0.2, -0.15) is 4.98 Å². The van der Waals surface area contributed by atoms with Gasteiger partial charge in [0.1, 0.15) is 19.3 Å². The van der Waals surface area contributed by atoms with Gasteiger partial charge in [0.15, 0.2) is 11.5 Å². The number of thioether (sulfide) groups is 1. The number of methoxy groups -OCH3 is 1. The Kier molecular flexibility index (Phi) is 8.22. The SMILES string of the molecule is C=CCOC(=O)C1=C(C)Nc2nc(SCC)nn2C1c1ccc(OCc2ccc(Cl)cc2)c(OC)c1. The maximum Gasteiger partial charge on any atom is 0.338 e. The second-order valence-electron chi connectivity index (χ2n) is 7.87. The van der Waals surface area contributed by atoms with Crippen LogP contribution < -0.4 is 14.8 Å². The zero-order valence-electron chi connectivity index (χ0n) is 20.3. The number of carbonyl (C=O) groups excluding carboxylic acids is 1. The molecule has 1 atom stereocenters. The minimum atomic E-state index is -0.573. The molecule has 0 saturated carbocycles. The molecule has 8 nitrogen and oxygen atoms in total. The lowest BCUT2D eigenvalue weighted by Crippen LogP contribution is -2.29. The molecule has 0 spiro atoms. The van der Waals surface area contributed by atoms with Gasteiger partial charge in [0.05, 0.1) is 12.7 Å². The molecular formula is C26H27ClN4O4S. The van der Waals surface area contributed by atoms with E-state index in [4.69, 9.17) is 25.8 Å². The quantitative estimate of drug-likeness (QED) is 0.206. The molecule has 0 amide bonds. The van der Waals surface area contributed by atoms with E-state index in [0.717, 1.165) is 16.9 Å². The highest BCUT2D eigenvalue weighted by Crippen LogP contribution is 2.40. The van der Waals surface area contributed by atoms with E-state index < -0.39 is 12.0 Å². The third-order valence-corrected chi connectivity index (χ3v) is 6.44. The van der Waals surface area contributed by atoms with E-state index in [1.807, 2.05) is 56.3 Å². The van der Waals surface area contributed by atoms with Gasteiger partial charge < -0.3 is 19.5 Å². The molecular weight excluding hydrogens is 500 g/mol. The number of nitrogens with zero attached hydrogens (tertiary/aromatic N) is 3. The first-order valence-electron chi connectivity index (χ1n) is 11.4. The van der Waals surface area contributed by atoms with Crippen molar-refractivity contribution in [3.05, 3.63) is 82.5 Å². The maximum atomic E-state index is 13.1. The van der Waals surface area contributed by atoms with E-state index >= 15 is 0 Å². The van der Waals surface area contributed by atoms with Gasteiger partial charge in [0, 0.05) is 10.7 Å². The Labute approximate surface area is 219 Å². The number of nitrogens with one attached hydrogen (secondary N) is 1. The minimum Gasteiger partial charge on any atom is -0.493 e. The molecule has 0 aliphatic carbocycles. The second kappa shape index (κ2) is 11.5. The lowest BCUT2D eigenvalue weighted by Gasteiger charge is -2.28. The third-order valence-electron chi connectivity index (χ3n) is 5.47. The molecule has 0 fully saturated rings. The van der Waals surface area contributed by atoms with E-state index in [0.29, 0.717) is 45.5 Å². The summed E-state index contributed by atoms with van der Waals surface area (Å²) in [5.74, 6) is 2.01. The fourth-order valence-corrected chi connectivity index (χ4v) is 4.50. The minimum absolute atomic E-state index is 0.101. The van der Waals surface area contributed by atoms with Crippen LogP contribution >= 0.6 is 23.4 Å². The number of esters is 1. The number of allylic oxidation sites excluding steroid dienone is 1. The fourth-order valence-electron chi connectivity index (χ4n) is 3.82. The molecule has 1 N–H and O–H groups in total. The molecule has 0 bridgehead atoms. The molecule has 36 heavy (non-hydrogen) atoms. The number of carbonyl (C=O) groups is 1. The first-order valence-corrected chi connectivity index (χ1v) is 12.7. The van der Waals surface area contributed by atoms with E-state index in [9.17, 15) is 4.79 Å². The van der Waals surface area contributed by atoms with Gasteiger partial charge in [0.2, 0.25) is 11.1 Å². The van der Waals surface area contributed by atoms with Crippen LogP contribution in [0.2, 0.25) is 5.02 Å². The molecule has 4 rings (SSSR count). The smallest absolute Gasteiger partial charge is 0.338 e. The van der Waals surface area contributed by atoms with E-state index in [1.165, 1.54) is 17.8 Å². The number of aromatic nitrogens is 3. The molecule has 188 valence electrons. The summed E-state index contributed by atoms with van der Waals surface area (Å²) in [7, 11) is 1.58. The molecule has 1 aliphatic heterocycles. The second-order valence-corrected chi connectivity index (χ2v) is 9.54. The molecule has 1 unspecified atom stereocenters. The van der Waals surface area contributed by atoms with Crippen LogP contribution in [0.5, 0.6) is 11.5 Å². The van der Waals surface area contributed by atoms with Gasteiger partial charge in [-0.1, -0.05) is 61.1 Å². The monoisotopic (exact) mass is 526 g/mol. The highest BCUT2D eigenvalue weighted by molar-refractivity contribution is 7.99.